The van der Waals surface area contributed by atoms with Gasteiger partial charge in [-0.25, -0.2) is 4.79 Å². The number of carbonyl (C=O) groups is 1. The summed E-state index contributed by atoms with van der Waals surface area (Å²) < 4.78 is 31.7. The summed E-state index contributed by atoms with van der Waals surface area (Å²) >= 11 is 0. The smallest absolute Gasteiger partial charge is 0.407 e. The molecule has 124 valence electrons. The van der Waals surface area contributed by atoms with E-state index in [-0.39, 0.29) is 19.1 Å². The van der Waals surface area contributed by atoms with Crippen molar-refractivity contribution in [2.45, 2.75) is 26.4 Å². The van der Waals surface area contributed by atoms with Crippen LogP contribution < -0.4 is 5.32 Å². The molecule has 0 saturated heterocycles. The summed E-state index contributed by atoms with van der Waals surface area (Å²) in [6, 6.07) is 9.41. The Morgan fingerprint density at radius 3 is 2.55 bits per heavy atom. The van der Waals surface area contributed by atoms with Gasteiger partial charge in [0.15, 0.2) is 0 Å². The van der Waals surface area contributed by atoms with E-state index in [0.29, 0.717) is 13.0 Å². The third-order valence-corrected chi connectivity index (χ3v) is 3.69. The Morgan fingerprint density at radius 2 is 1.95 bits per heavy atom. The Labute approximate surface area is 131 Å². The van der Waals surface area contributed by atoms with Crippen LogP contribution >= 0.6 is 0 Å². The molecule has 0 aliphatic rings. The van der Waals surface area contributed by atoms with E-state index in [1.807, 2.05) is 37.3 Å². The largest absolute Gasteiger partial charge is 0.445 e. The van der Waals surface area contributed by atoms with Crippen molar-refractivity contribution in [3.63, 3.8) is 0 Å². The SMILES string of the molecule is CC[C@@H](CCNC(=O)OCc1ccccc1)COS(C)(=O)=O. The molecule has 0 radical (unpaired) electrons. The zero-order valence-corrected chi connectivity index (χ0v) is 13.8. The molecule has 1 N–H and O–H groups in total. The van der Waals surface area contributed by atoms with Crippen molar-refractivity contribution in [3.8, 4) is 0 Å². The van der Waals surface area contributed by atoms with E-state index in [9.17, 15) is 13.2 Å². The second-order valence-electron chi connectivity index (χ2n) is 5.04. The Bertz CT molecular complexity index is 544. The van der Waals surface area contributed by atoms with Crippen LogP contribution in [-0.4, -0.2) is 33.9 Å². The molecule has 22 heavy (non-hydrogen) atoms. The van der Waals surface area contributed by atoms with Gasteiger partial charge >= 0.3 is 6.09 Å². The van der Waals surface area contributed by atoms with Crippen molar-refractivity contribution in [2.24, 2.45) is 5.92 Å². The van der Waals surface area contributed by atoms with Crippen LogP contribution in [0.15, 0.2) is 30.3 Å². The van der Waals surface area contributed by atoms with Gasteiger partial charge in [0.1, 0.15) is 6.61 Å². The molecule has 1 aromatic rings. The van der Waals surface area contributed by atoms with Gasteiger partial charge in [0, 0.05) is 6.54 Å². The van der Waals surface area contributed by atoms with Gasteiger partial charge in [0.2, 0.25) is 0 Å². The first-order valence-corrected chi connectivity index (χ1v) is 9.01. The lowest BCUT2D eigenvalue weighted by atomic mass is 10.0. The topological polar surface area (TPSA) is 81.7 Å². The predicted molar refractivity (Wildman–Crippen MR) is 83.8 cm³/mol. The minimum absolute atomic E-state index is 0.0733. The third kappa shape index (κ3) is 8.63. The summed E-state index contributed by atoms with van der Waals surface area (Å²) in [4.78, 5) is 11.5. The van der Waals surface area contributed by atoms with Crippen molar-refractivity contribution in [1.82, 2.24) is 5.32 Å². The molecule has 0 fully saturated rings. The number of benzene rings is 1. The highest BCUT2D eigenvalue weighted by molar-refractivity contribution is 7.85. The zero-order chi connectivity index (χ0) is 16.4. The number of amides is 1. The van der Waals surface area contributed by atoms with Crippen LogP contribution in [0, 0.1) is 5.92 Å². The van der Waals surface area contributed by atoms with E-state index in [1.165, 1.54) is 0 Å². The quantitative estimate of drug-likeness (QED) is 0.703. The molecule has 0 heterocycles. The molecule has 0 bridgehead atoms. The lowest BCUT2D eigenvalue weighted by Gasteiger charge is -2.14. The Kier molecular flexibility index (Phi) is 7.90. The van der Waals surface area contributed by atoms with Crippen LogP contribution in [0.1, 0.15) is 25.3 Å². The minimum atomic E-state index is -3.42. The molecular weight excluding hydrogens is 306 g/mol. The standard InChI is InChI=1S/C15H23NO5S/c1-3-13(12-21-22(2,18)19)9-10-16-15(17)20-11-14-7-5-4-6-8-14/h4-8,13H,3,9-12H2,1-2H3,(H,16,17)/t13-/m0/s1. The highest BCUT2D eigenvalue weighted by atomic mass is 32.2. The molecule has 1 atom stereocenters. The van der Waals surface area contributed by atoms with Crippen LogP contribution in [0.4, 0.5) is 4.79 Å². The molecule has 0 unspecified atom stereocenters. The first-order chi connectivity index (χ1) is 10.4. The van der Waals surface area contributed by atoms with Crippen LogP contribution in [-0.2, 0) is 25.6 Å². The van der Waals surface area contributed by atoms with Crippen molar-refractivity contribution in [3.05, 3.63) is 35.9 Å². The lowest BCUT2D eigenvalue weighted by Crippen LogP contribution is -2.27. The van der Waals surface area contributed by atoms with E-state index >= 15 is 0 Å². The summed E-state index contributed by atoms with van der Waals surface area (Å²) in [5.41, 5.74) is 0.922. The molecule has 0 aliphatic heterocycles. The highest BCUT2D eigenvalue weighted by Gasteiger charge is 2.11. The van der Waals surface area contributed by atoms with Gasteiger partial charge in [0.05, 0.1) is 12.9 Å². The summed E-state index contributed by atoms with van der Waals surface area (Å²) in [6.07, 6.45) is 1.95. The lowest BCUT2D eigenvalue weighted by molar-refractivity contribution is 0.138. The van der Waals surface area contributed by atoms with Gasteiger partial charge in [-0.05, 0) is 17.9 Å². The van der Waals surface area contributed by atoms with E-state index in [0.717, 1.165) is 18.2 Å². The Balaban J connectivity index is 2.20. The minimum Gasteiger partial charge on any atom is -0.445 e. The maximum absolute atomic E-state index is 11.5. The molecule has 0 saturated carbocycles. The zero-order valence-electron chi connectivity index (χ0n) is 12.9. The average Bonchev–Trinajstić information content (AvgIpc) is 2.48. The van der Waals surface area contributed by atoms with Crippen LogP contribution in [0.5, 0.6) is 0 Å². The number of hydrogen-bond acceptors (Lipinski definition) is 5. The third-order valence-electron chi connectivity index (χ3n) is 3.13. The van der Waals surface area contributed by atoms with Gasteiger partial charge in [-0.3, -0.25) is 4.18 Å². The van der Waals surface area contributed by atoms with Crippen LogP contribution in [0.25, 0.3) is 0 Å². The molecule has 1 aromatic carbocycles. The first-order valence-electron chi connectivity index (χ1n) is 7.19. The number of nitrogens with one attached hydrogen (secondary N) is 1. The summed E-state index contributed by atoms with van der Waals surface area (Å²) in [5.74, 6) is 0.0733. The fourth-order valence-corrected chi connectivity index (χ4v) is 2.22. The molecule has 7 heteroatoms. The molecule has 1 rings (SSSR count). The Hall–Kier alpha value is -1.60. The number of carbonyl (C=O) groups excluding carboxylic acids is 1. The molecule has 0 spiro atoms. The van der Waals surface area contributed by atoms with E-state index in [4.69, 9.17) is 8.92 Å². The second kappa shape index (κ2) is 9.42. The first kappa shape index (κ1) is 18.4. The number of alkyl carbamates (subject to hydrolysis) is 1. The molecule has 0 aliphatic carbocycles. The molecular formula is C15H23NO5S. The summed E-state index contributed by atoms with van der Waals surface area (Å²) in [7, 11) is -3.42. The van der Waals surface area contributed by atoms with E-state index in [1.54, 1.807) is 0 Å². The van der Waals surface area contributed by atoms with Crippen LogP contribution in [0.3, 0.4) is 0 Å². The summed E-state index contributed by atoms with van der Waals surface area (Å²) in [6.45, 7) is 2.72. The van der Waals surface area contributed by atoms with E-state index < -0.39 is 16.2 Å². The normalized spacial score (nSPS) is 12.6. The van der Waals surface area contributed by atoms with Crippen molar-refractivity contribution in [1.29, 1.82) is 0 Å². The van der Waals surface area contributed by atoms with Gasteiger partial charge in [-0.15, -0.1) is 0 Å². The van der Waals surface area contributed by atoms with Gasteiger partial charge < -0.3 is 10.1 Å². The van der Waals surface area contributed by atoms with Crippen molar-refractivity contribution < 1.29 is 22.1 Å². The molecule has 6 nitrogen and oxygen atoms in total. The maximum Gasteiger partial charge on any atom is 0.407 e. The fourth-order valence-electron chi connectivity index (χ4n) is 1.78. The van der Waals surface area contributed by atoms with Crippen molar-refractivity contribution in [2.75, 3.05) is 19.4 Å². The fraction of sp³-hybridized carbons (Fsp3) is 0.533. The second-order valence-corrected chi connectivity index (χ2v) is 6.68. The summed E-state index contributed by atoms with van der Waals surface area (Å²) in [5, 5.41) is 2.65. The number of rotatable bonds is 9. The van der Waals surface area contributed by atoms with E-state index in [2.05, 4.69) is 5.32 Å². The number of hydrogen-bond donors (Lipinski definition) is 1. The van der Waals surface area contributed by atoms with Gasteiger partial charge in [-0.2, -0.15) is 8.42 Å². The monoisotopic (exact) mass is 329 g/mol. The van der Waals surface area contributed by atoms with Crippen LogP contribution in [0.2, 0.25) is 0 Å². The molecule has 1 amide bonds. The highest BCUT2D eigenvalue weighted by Crippen LogP contribution is 2.09. The van der Waals surface area contributed by atoms with Crippen molar-refractivity contribution >= 4 is 16.2 Å². The van der Waals surface area contributed by atoms with Gasteiger partial charge in [0.25, 0.3) is 10.1 Å². The number of ether oxygens (including phenoxy) is 1. The predicted octanol–water partition coefficient (Wildman–Crippen LogP) is 2.31. The molecule has 0 aromatic heterocycles. The Morgan fingerprint density at radius 1 is 1.27 bits per heavy atom. The van der Waals surface area contributed by atoms with Gasteiger partial charge in [-0.1, -0.05) is 43.7 Å². The maximum atomic E-state index is 11.5. The average molecular weight is 329 g/mol.